The van der Waals surface area contributed by atoms with E-state index in [0.717, 1.165) is 16.3 Å². The first-order chi connectivity index (χ1) is 14.0. The number of fused-ring (bicyclic) bond motifs is 1. The minimum absolute atomic E-state index is 0.114. The lowest BCUT2D eigenvalue weighted by atomic mass is 10.0. The Bertz CT molecular complexity index is 897. The molecule has 3 N–H and O–H groups in total. The van der Waals surface area contributed by atoms with Crippen molar-refractivity contribution in [3.05, 3.63) is 48.0 Å². The third-order valence-electron chi connectivity index (χ3n) is 4.69. The lowest BCUT2D eigenvalue weighted by Crippen LogP contribution is -2.44. The van der Waals surface area contributed by atoms with Crippen molar-refractivity contribution < 1.29 is 14.4 Å². The monoisotopic (exact) mass is 411 g/mol. The van der Waals surface area contributed by atoms with E-state index in [9.17, 15) is 14.4 Å². The molecule has 0 bridgehead atoms. The number of rotatable bonds is 8. The molecule has 2 rings (SSSR count). The zero-order valence-electron chi connectivity index (χ0n) is 18.5. The fraction of sp³-hybridized carbons (Fsp3) is 0.458. The summed E-state index contributed by atoms with van der Waals surface area (Å²) in [5.41, 5.74) is 0.722. The third kappa shape index (κ3) is 7.50. The van der Waals surface area contributed by atoms with Crippen LogP contribution in [0.2, 0.25) is 0 Å². The minimum Gasteiger partial charge on any atom is -0.353 e. The SMILES string of the molecule is C[C@@H](CC(=O)NCc1cccc2ccccc12)NC(=O)[C@@H](C)CC(=O)NC(C)(C)C. The molecule has 2 aromatic carbocycles. The van der Waals surface area contributed by atoms with Gasteiger partial charge in [0.2, 0.25) is 17.7 Å². The molecule has 0 spiro atoms. The van der Waals surface area contributed by atoms with Crippen LogP contribution in [0, 0.1) is 5.92 Å². The minimum atomic E-state index is -0.464. The maximum Gasteiger partial charge on any atom is 0.223 e. The number of carbonyl (C=O) groups excluding carboxylic acids is 3. The Labute approximate surface area is 178 Å². The van der Waals surface area contributed by atoms with Crippen LogP contribution >= 0.6 is 0 Å². The molecule has 0 saturated carbocycles. The van der Waals surface area contributed by atoms with Gasteiger partial charge in [-0.15, -0.1) is 0 Å². The van der Waals surface area contributed by atoms with Crippen LogP contribution in [-0.2, 0) is 20.9 Å². The maximum absolute atomic E-state index is 12.3. The van der Waals surface area contributed by atoms with Crippen LogP contribution in [0.15, 0.2) is 42.5 Å². The van der Waals surface area contributed by atoms with Crippen molar-refractivity contribution in [2.75, 3.05) is 0 Å². The first-order valence-electron chi connectivity index (χ1n) is 10.4. The zero-order valence-corrected chi connectivity index (χ0v) is 18.5. The highest BCUT2D eigenvalue weighted by atomic mass is 16.2. The van der Waals surface area contributed by atoms with E-state index in [2.05, 4.69) is 16.0 Å². The van der Waals surface area contributed by atoms with Crippen molar-refractivity contribution in [3.8, 4) is 0 Å². The number of nitrogens with one attached hydrogen (secondary N) is 3. The van der Waals surface area contributed by atoms with Crippen molar-refractivity contribution in [1.29, 1.82) is 0 Å². The van der Waals surface area contributed by atoms with E-state index in [1.165, 1.54) is 0 Å². The molecule has 162 valence electrons. The smallest absolute Gasteiger partial charge is 0.223 e. The van der Waals surface area contributed by atoms with Gasteiger partial charge in [0.15, 0.2) is 0 Å². The summed E-state index contributed by atoms with van der Waals surface area (Å²) in [5.74, 6) is -0.985. The van der Waals surface area contributed by atoms with Gasteiger partial charge in [-0.1, -0.05) is 49.4 Å². The van der Waals surface area contributed by atoms with E-state index in [1.807, 2.05) is 63.2 Å². The van der Waals surface area contributed by atoms with E-state index >= 15 is 0 Å². The van der Waals surface area contributed by atoms with Crippen LogP contribution in [0.5, 0.6) is 0 Å². The summed E-state index contributed by atoms with van der Waals surface area (Å²) in [6.45, 7) is 9.63. The average molecular weight is 412 g/mol. The van der Waals surface area contributed by atoms with E-state index in [0.29, 0.717) is 6.54 Å². The summed E-state index contributed by atoms with van der Waals surface area (Å²) >= 11 is 0. The van der Waals surface area contributed by atoms with Crippen LogP contribution in [-0.4, -0.2) is 29.3 Å². The van der Waals surface area contributed by atoms with Crippen molar-refractivity contribution in [3.63, 3.8) is 0 Å². The van der Waals surface area contributed by atoms with Gasteiger partial charge in [-0.2, -0.15) is 0 Å². The number of carbonyl (C=O) groups is 3. The predicted molar refractivity (Wildman–Crippen MR) is 120 cm³/mol. The van der Waals surface area contributed by atoms with Gasteiger partial charge in [-0.25, -0.2) is 0 Å². The molecular weight excluding hydrogens is 378 g/mol. The summed E-state index contributed by atoms with van der Waals surface area (Å²) in [7, 11) is 0. The second kappa shape index (κ2) is 10.2. The molecule has 0 aliphatic carbocycles. The molecule has 0 aliphatic rings. The fourth-order valence-electron chi connectivity index (χ4n) is 3.27. The fourth-order valence-corrected chi connectivity index (χ4v) is 3.27. The molecule has 6 nitrogen and oxygen atoms in total. The van der Waals surface area contributed by atoms with E-state index < -0.39 is 5.92 Å². The summed E-state index contributed by atoms with van der Waals surface area (Å²) < 4.78 is 0. The van der Waals surface area contributed by atoms with Gasteiger partial charge in [0.05, 0.1) is 0 Å². The Kier molecular flexibility index (Phi) is 7.98. The van der Waals surface area contributed by atoms with Crippen LogP contribution in [0.1, 0.15) is 53.0 Å². The maximum atomic E-state index is 12.3. The number of hydrogen-bond acceptors (Lipinski definition) is 3. The van der Waals surface area contributed by atoms with Gasteiger partial charge >= 0.3 is 0 Å². The zero-order chi connectivity index (χ0) is 22.3. The van der Waals surface area contributed by atoms with E-state index in [1.54, 1.807) is 13.8 Å². The molecule has 6 heteroatoms. The molecule has 2 aromatic rings. The summed E-state index contributed by atoms with van der Waals surface area (Å²) in [6, 6.07) is 13.7. The van der Waals surface area contributed by atoms with Crippen molar-refractivity contribution >= 4 is 28.5 Å². The Morgan fingerprint density at radius 2 is 1.57 bits per heavy atom. The molecule has 0 aromatic heterocycles. The Morgan fingerprint density at radius 3 is 2.27 bits per heavy atom. The third-order valence-corrected chi connectivity index (χ3v) is 4.69. The van der Waals surface area contributed by atoms with Crippen LogP contribution in [0.25, 0.3) is 10.8 Å². The van der Waals surface area contributed by atoms with Gasteiger partial charge in [0, 0.05) is 36.9 Å². The van der Waals surface area contributed by atoms with Crippen molar-refractivity contribution in [1.82, 2.24) is 16.0 Å². The average Bonchev–Trinajstić information content (AvgIpc) is 2.64. The molecule has 0 unspecified atom stereocenters. The largest absolute Gasteiger partial charge is 0.353 e. The van der Waals surface area contributed by atoms with Gasteiger partial charge in [-0.3, -0.25) is 14.4 Å². The second-order valence-corrected chi connectivity index (χ2v) is 8.93. The Balaban J connectivity index is 1.79. The highest BCUT2D eigenvalue weighted by Gasteiger charge is 2.22. The molecule has 0 heterocycles. The summed E-state index contributed by atoms with van der Waals surface area (Å²) in [4.78, 5) is 36.7. The number of benzene rings is 2. The first kappa shape index (κ1) is 23.4. The molecule has 3 amide bonds. The van der Waals surface area contributed by atoms with Crippen LogP contribution in [0.4, 0.5) is 0 Å². The normalized spacial score (nSPS) is 13.4. The van der Waals surface area contributed by atoms with Gasteiger partial charge in [0.25, 0.3) is 0 Å². The van der Waals surface area contributed by atoms with Crippen LogP contribution in [0.3, 0.4) is 0 Å². The summed E-state index contributed by atoms with van der Waals surface area (Å²) in [5, 5.41) is 10.9. The van der Waals surface area contributed by atoms with Crippen molar-refractivity contribution in [2.45, 2.75) is 65.6 Å². The quantitative estimate of drug-likeness (QED) is 0.623. The second-order valence-electron chi connectivity index (χ2n) is 8.93. The highest BCUT2D eigenvalue weighted by molar-refractivity contribution is 5.87. The van der Waals surface area contributed by atoms with E-state index in [-0.39, 0.29) is 42.1 Å². The molecule has 0 radical (unpaired) electrons. The topological polar surface area (TPSA) is 87.3 Å². The standard InChI is InChI=1S/C24H33N3O3/c1-16(13-22(29)27-24(3,4)5)23(30)26-17(2)14-21(28)25-15-19-11-8-10-18-9-6-7-12-20(18)19/h6-12,16-17H,13-15H2,1-5H3,(H,25,28)(H,26,30)(H,27,29)/t16-,17-/m0/s1. The van der Waals surface area contributed by atoms with Gasteiger partial charge < -0.3 is 16.0 Å². The Morgan fingerprint density at radius 1 is 0.900 bits per heavy atom. The predicted octanol–water partition coefficient (Wildman–Crippen LogP) is 3.29. The number of amides is 3. The number of hydrogen-bond donors (Lipinski definition) is 3. The molecule has 2 atom stereocenters. The van der Waals surface area contributed by atoms with E-state index in [4.69, 9.17) is 0 Å². The van der Waals surface area contributed by atoms with Crippen molar-refractivity contribution in [2.24, 2.45) is 5.92 Å². The molecule has 0 saturated heterocycles. The van der Waals surface area contributed by atoms with Gasteiger partial charge in [-0.05, 0) is 44.0 Å². The van der Waals surface area contributed by atoms with Crippen LogP contribution < -0.4 is 16.0 Å². The Hall–Kier alpha value is -2.89. The highest BCUT2D eigenvalue weighted by Crippen LogP contribution is 2.18. The lowest BCUT2D eigenvalue weighted by Gasteiger charge is -2.22. The molecule has 0 fully saturated rings. The molecule has 0 aliphatic heterocycles. The first-order valence-corrected chi connectivity index (χ1v) is 10.4. The lowest BCUT2D eigenvalue weighted by molar-refractivity contribution is -0.131. The molecule has 30 heavy (non-hydrogen) atoms. The molecular formula is C24H33N3O3. The van der Waals surface area contributed by atoms with Gasteiger partial charge in [0.1, 0.15) is 0 Å². The summed E-state index contributed by atoms with van der Waals surface area (Å²) in [6.07, 6.45) is 0.292.